The molecule has 0 atom stereocenters. The SMILES string of the molecule is CC(C)NC(=O)CNc1nccc(CNC(C)(C)C)c1F. The summed E-state index contributed by atoms with van der Waals surface area (Å²) >= 11 is 0. The van der Waals surface area contributed by atoms with Crippen LogP contribution in [0.3, 0.4) is 0 Å². The number of halogens is 1. The lowest BCUT2D eigenvalue weighted by atomic mass is 10.1. The second-order valence-corrected chi connectivity index (χ2v) is 6.31. The van der Waals surface area contributed by atoms with Gasteiger partial charge in [-0.3, -0.25) is 4.79 Å². The van der Waals surface area contributed by atoms with Crippen molar-refractivity contribution in [1.82, 2.24) is 15.6 Å². The van der Waals surface area contributed by atoms with E-state index in [0.717, 1.165) is 0 Å². The van der Waals surface area contributed by atoms with E-state index >= 15 is 0 Å². The fourth-order valence-electron chi connectivity index (χ4n) is 1.64. The van der Waals surface area contributed by atoms with Crippen molar-refractivity contribution < 1.29 is 9.18 Å². The van der Waals surface area contributed by atoms with Crippen molar-refractivity contribution in [2.75, 3.05) is 11.9 Å². The Morgan fingerprint density at radius 2 is 2.05 bits per heavy atom. The third kappa shape index (κ3) is 6.53. The highest BCUT2D eigenvalue weighted by molar-refractivity contribution is 5.80. The maximum Gasteiger partial charge on any atom is 0.239 e. The molecule has 1 rings (SSSR count). The van der Waals surface area contributed by atoms with Gasteiger partial charge in [-0.15, -0.1) is 0 Å². The molecule has 118 valence electrons. The highest BCUT2D eigenvalue weighted by atomic mass is 19.1. The number of anilines is 1. The van der Waals surface area contributed by atoms with Crippen LogP contribution >= 0.6 is 0 Å². The van der Waals surface area contributed by atoms with Crippen LogP contribution in [0, 0.1) is 5.82 Å². The topological polar surface area (TPSA) is 66.0 Å². The Hall–Kier alpha value is -1.69. The Morgan fingerprint density at radius 3 is 2.62 bits per heavy atom. The summed E-state index contributed by atoms with van der Waals surface area (Å²) in [4.78, 5) is 15.5. The van der Waals surface area contributed by atoms with Gasteiger partial charge < -0.3 is 16.0 Å². The average Bonchev–Trinajstić information content (AvgIpc) is 2.34. The number of amides is 1. The maximum atomic E-state index is 14.3. The van der Waals surface area contributed by atoms with Crippen LogP contribution in [-0.4, -0.2) is 29.0 Å². The van der Waals surface area contributed by atoms with Gasteiger partial charge in [0.15, 0.2) is 11.6 Å². The molecule has 0 aromatic carbocycles. The predicted molar refractivity (Wildman–Crippen MR) is 82.6 cm³/mol. The van der Waals surface area contributed by atoms with Gasteiger partial charge in [0, 0.05) is 29.9 Å². The molecule has 0 aliphatic rings. The second kappa shape index (κ2) is 7.36. The van der Waals surface area contributed by atoms with Crippen LogP contribution in [0.15, 0.2) is 12.3 Å². The van der Waals surface area contributed by atoms with Gasteiger partial charge >= 0.3 is 0 Å². The minimum absolute atomic E-state index is 0.00173. The standard InChI is InChI=1S/C15H25FN4O/c1-10(2)20-12(21)9-18-14-13(16)11(6-7-17-14)8-19-15(3,4)5/h6-7,10,19H,8-9H2,1-5H3,(H,17,18)(H,20,21). The molecule has 1 heterocycles. The van der Waals surface area contributed by atoms with Crippen molar-refractivity contribution in [2.45, 2.75) is 52.7 Å². The summed E-state index contributed by atoms with van der Waals surface area (Å²) in [6, 6.07) is 1.69. The molecule has 1 amide bonds. The molecule has 0 aliphatic heterocycles. The maximum absolute atomic E-state index is 14.3. The Balaban J connectivity index is 2.66. The quantitative estimate of drug-likeness (QED) is 0.751. The van der Waals surface area contributed by atoms with Gasteiger partial charge in [0.2, 0.25) is 5.91 Å². The zero-order valence-electron chi connectivity index (χ0n) is 13.4. The Bertz CT molecular complexity index is 483. The molecule has 1 aromatic rings. The fraction of sp³-hybridized carbons (Fsp3) is 0.600. The van der Waals surface area contributed by atoms with Crippen LogP contribution in [0.4, 0.5) is 10.2 Å². The Kier molecular flexibility index (Phi) is 6.08. The molecule has 1 aromatic heterocycles. The second-order valence-electron chi connectivity index (χ2n) is 6.31. The lowest BCUT2D eigenvalue weighted by Crippen LogP contribution is -2.36. The largest absolute Gasteiger partial charge is 0.359 e. The van der Waals surface area contributed by atoms with Gasteiger partial charge in [-0.05, 0) is 40.7 Å². The summed E-state index contributed by atoms with van der Waals surface area (Å²) in [5, 5.41) is 8.68. The molecule has 0 fully saturated rings. The monoisotopic (exact) mass is 296 g/mol. The van der Waals surface area contributed by atoms with Crippen molar-refractivity contribution in [3.8, 4) is 0 Å². The zero-order valence-corrected chi connectivity index (χ0v) is 13.4. The molecule has 0 bridgehead atoms. The van der Waals surface area contributed by atoms with E-state index in [0.29, 0.717) is 12.1 Å². The number of hydrogen-bond acceptors (Lipinski definition) is 4. The van der Waals surface area contributed by atoms with Gasteiger partial charge in [0.25, 0.3) is 0 Å². The average molecular weight is 296 g/mol. The van der Waals surface area contributed by atoms with Crippen LogP contribution in [0.2, 0.25) is 0 Å². The smallest absolute Gasteiger partial charge is 0.239 e. The summed E-state index contributed by atoms with van der Waals surface area (Å²) in [5.74, 6) is -0.516. The molecule has 6 heteroatoms. The lowest BCUT2D eigenvalue weighted by molar-refractivity contribution is -0.119. The van der Waals surface area contributed by atoms with E-state index in [9.17, 15) is 9.18 Å². The number of hydrogen-bond donors (Lipinski definition) is 3. The molecule has 5 nitrogen and oxygen atoms in total. The summed E-state index contributed by atoms with van der Waals surface area (Å²) in [5.41, 5.74) is 0.423. The predicted octanol–water partition coefficient (Wildman–Crippen LogP) is 2.05. The number of carbonyl (C=O) groups excluding carboxylic acids is 1. The van der Waals surface area contributed by atoms with Gasteiger partial charge in [-0.2, -0.15) is 0 Å². The third-order valence-corrected chi connectivity index (χ3v) is 2.64. The number of pyridine rings is 1. The van der Waals surface area contributed by atoms with Crippen LogP contribution in [0.5, 0.6) is 0 Å². The normalized spacial score (nSPS) is 11.6. The van der Waals surface area contributed by atoms with E-state index in [2.05, 4.69) is 20.9 Å². The molecule has 0 unspecified atom stereocenters. The van der Waals surface area contributed by atoms with Gasteiger partial charge in [-0.1, -0.05) is 0 Å². The number of carbonyl (C=O) groups is 1. The summed E-state index contributed by atoms with van der Waals surface area (Å²) < 4.78 is 14.3. The fourth-order valence-corrected chi connectivity index (χ4v) is 1.64. The van der Waals surface area contributed by atoms with Gasteiger partial charge in [0.05, 0.1) is 6.54 Å². The first-order chi connectivity index (χ1) is 9.69. The number of rotatable bonds is 6. The van der Waals surface area contributed by atoms with Crippen molar-refractivity contribution in [1.29, 1.82) is 0 Å². The molecule has 0 saturated heterocycles. The van der Waals surface area contributed by atoms with Crippen LogP contribution in [0.1, 0.15) is 40.2 Å². The zero-order chi connectivity index (χ0) is 16.0. The first-order valence-electron chi connectivity index (χ1n) is 7.10. The minimum atomic E-state index is -0.424. The number of nitrogens with one attached hydrogen (secondary N) is 3. The molecular weight excluding hydrogens is 271 g/mol. The summed E-state index contributed by atoms with van der Waals surface area (Å²) in [6.07, 6.45) is 1.53. The molecule has 0 aliphatic carbocycles. The number of nitrogens with zero attached hydrogens (tertiary/aromatic N) is 1. The molecule has 3 N–H and O–H groups in total. The van der Waals surface area contributed by atoms with Crippen molar-refractivity contribution >= 4 is 11.7 Å². The van der Waals surface area contributed by atoms with Crippen LogP contribution in [-0.2, 0) is 11.3 Å². The van der Waals surface area contributed by atoms with E-state index in [1.807, 2.05) is 34.6 Å². The van der Waals surface area contributed by atoms with Crippen molar-refractivity contribution in [3.63, 3.8) is 0 Å². The first kappa shape index (κ1) is 17.4. The van der Waals surface area contributed by atoms with E-state index in [1.54, 1.807) is 6.07 Å². The summed E-state index contributed by atoms with van der Waals surface area (Å²) in [6.45, 7) is 10.2. The van der Waals surface area contributed by atoms with Gasteiger partial charge in [0.1, 0.15) is 0 Å². The molecular formula is C15H25FN4O. The first-order valence-corrected chi connectivity index (χ1v) is 7.10. The molecule has 21 heavy (non-hydrogen) atoms. The molecule has 0 spiro atoms. The van der Waals surface area contributed by atoms with E-state index < -0.39 is 5.82 Å². The number of aromatic nitrogens is 1. The molecule has 0 radical (unpaired) electrons. The summed E-state index contributed by atoms with van der Waals surface area (Å²) in [7, 11) is 0. The van der Waals surface area contributed by atoms with E-state index in [1.165, 1.54) is 6.20 Å². The highest BCUT2D eigenvalue weighted by Crippen LogP contribution is 2.15. The van der Waals surface area contributed by atoms with Crippen molar-refractivity contribution in [3.05, 3.63) is 23.6 Å². The minimum Gasteiger partial charge on any atom is -0.359 e. The Labute approximate surface area is 125 Å². The van der Waals surface area contributed by atoms with Crippen LogP contribution in [0.25, 0.3) is 0 Å². The van der Waals surface area contributed by atoms with E-state index in [-0.39, 0.29) is 29.9 Å². The lowest BCUT2D eigenvalue weighted by Gasteiger charge is -2.21. The Morgan fingerprint density at radius 1 is 1.38 bits per heavy atom. The van der Waals surface area contributed by atoms with Crippen LogP contribution < -0.4 is 16.0 Å². The molecule has 0 saturated carbocycles. The van der Waals surface area contributed by atoms with Gasteiger partial charge in [-0.25, -0.2) is 9.37 Å². The van der Waals surface area contributed by atoms with Crippen molar-refractivity contribution in [2.24, 2.45) is 0 Å². The highest BCUT2D eigenvalue weighted by Gasteiger charge is 2.14. The third-order valence-electron chi connectivity index (χ3n) is 2.64. The van der Waals surface area contributed by atoms with E-state index in [4.69, 9.17) is 0 Å².